The summed E-state index contributed by atoms with van der Waals surface area (Å²) in [6.45, 7) is 0. The van der Waals surface area contributed by atoms with Crippen LogP contribution in [0.5, 0.6) is 0 Å². The highest BCUT2D eigenvalue weighted by Crippen LogP contribution is 2.34. The molecule has 0 fully saturated rings. The Kier molecular flexibility index (Phi) is 5.78. The number of nitrogens with one attached hydrogen (secondary N) is 1. The molecular weight excluding hydrogens is 389 g/mol. The number of aromatic nitrogens is 3. The minimum atomic E-state index is -0.254. The Morgan fingerprint density at radius 3 is 2.57 bits per heavy atom. The third-order valence-electron chi connectivity index (χ3n) is 4.36. The number of pyridine rings is 1. The summed E-state index contributed by atoms with van der Waals surface area (Å²) in [5.41, 5.74) is 4.07. The number of hydrogen-bond donors (Lipinski definition) is 1. The molecule has 0 atom stereocenters. The van der Waals surface area contributed by atoms with Crippen molar-refractivity contribution < 1.29 is 4.39 Å². The van der Waals surface area contributed by atoms with Crippen LogP contribution in [0.4, 0.5) is 4.39 Å². The molecule has 0 radical (unpaired) electrons. The molecular formula is C22H18FN3S2. The Labute approximate surface area is 171 Å². The normalized spacial score (nSPS) is 10.9. The molecule has 2 aromatic carbocycles. The summed E-state index contributed by atoms with van der Waals surface area (Å²) in [5, 5.41) is 0.924. The molecule has 0 aliphatic heterocycles. The zero-order valence-electron chi connectivity index (χ0n) is 15.2. The van der Waals surface area contributed by atoms with Gasteiger partial charge >= 0.3 is 0 Å². The van der Waals surface area contributed by atoms with Gasteiger partial charge in [0.15, 0.2) is 0 Å². The molecule has 0 unspecified atom stereocenters. The number of benzene rings is 2. The Hall–Kier alpha value is -2.57. The van der Waals surface area contributed by atoms with Crippen molar-refractivity contribution in [3.8, 4) is 22.5 Å². The lowest BCUT2D eigenvalue weighted by molar-refractivity contribution is 0.628. The van der Waals surface area contributed by atoms with Crippen molar-refractivity contribution in [1.82, 2.24) is 15.0 Å². The third-order valence-corrected chi connectivity index (χ3v) is 6.17. The van der Waals surface area contributed by atoms with Crippen molar-refractivity contribution in [3.05, 3.63) is 84.6 Å². The molecule has 28 heavy (non-hydrogen) atoms. The zero-order valence-corrected chi connectivity index (χ0v) is 16.9. The second-order valence-electron chi connectivity index (χ2n) is 6.11. The minimum Gasteiger partial charge on any atom is -0.345 e. The van der Waals surface area contributed by atoms with Gasteiger partial charge in [-0.25, -0.2) is 14.4 Å². The lowest BCUT2D eigenvalue weighted by Gasteiger charge is -2.11. The maximum Gasteiger partial charge on any atom is 0.138 e. The van der Waals surface area contributed by atoms with Crippen molar-refractivity contribution in [2.75, 3.05) is 6.26 Å². The van der Waals surface area contributed by atoms with Crippen LogP contribution in [0.3, 0.4) is 0 Å². The Morgan fingerprint density at radius 2 is 1.82 bits per heavy atom. The van der Waals surface area contributed by atoms with E-state index in [9.17, 15) is 4.39 Å². The first-order valence-electron chi connectivity index (χ1n) is 8.75. The molecule has 3 nitrogen and oxygen atoms in total. The van der Waals surface area contributed by atoms with Gasteiger partial charge in [-0.1, -0.05) is 30.3 Å². The van der Waals surface area contributed by atoms with E-state index in [-0.39, 0.29) is 5.82 Å². The summed E-state index contributed by atoms with van der Waals surface area (Å²) in [6.07, 6.45) is 7.46. The maximum absolute atomic E-state index is 13.3. The fourth-order valence-corrected chi connectivity index (χ4v) is 4.55. The van der Waals surface area contributed by atoms with Crippen LogP contribution in [0.2, 0.25) is 0 Å². The first-order valence-corrected chi connectivity index (χ1v) is 11.0. The first-order chi connectivity index (χ1) is 13.7. The van der Waals surface area contributed by atoms with E-state index in [1.807, 2.05) is 12.3 Å². The molecule has 0 amide bonds. The van der Waals surface area contributed by atoms with Crippen molar-refractivity contribution in [3.63, 3.8) is 0 Å². The molecule has 2 heterocycles. The molecule has 0 saturated heterocycles. The molecule has 0 spiro atoms. The second kappa shape index (κ2) is 8.63. The topological polar surface area (TPSA) is 41.6 Å². The Bertz CT molecular complexity index is 1060. The third kappa shape index (κ3) is 4.13. The fraction of sp³-hybridized carbons (Fsp3) is 0.0909. The van der Waals surface area contributed by atoms with Crippen LogP contribution in [0.25, 0.3) is 22.5 Å². The van der Waals surface area contributed by atoms with Crippen LogP contribution >= 0.6 is 23.5 Å². The molecule has 0 saturated carbocycles. The summed E-state index contributed by atoms with van der Waals surface area (Å²) in [6, 6.07) is 16.9. The van der Waals surface area contributed by atoms with Gasteiger partial charge in [-0.3, -0.25) is 0 Å². The zero-order chi connectivity index (χ0) is 19.3. The lowest BCUT2D eigenvalue weighted by Crippen LogP contribution is -1.92. The van der Waals surface area contributed by atoms with Crippen LogP contribution in [-0.4, -0.2) is 21.2 Å². The summed E-state index contributed by atoms with van der Waals surface area (Å²) >= 11 is 3.45. The van der Waals surface area contributed by atoms with Crippen molar-refractivity contribution >= 4 is 23.5 Å². The van der Waals surface area contributed by atoms with Gasteiger partial charge in [-0.05, 0) is 41.6 Å². The quantitative estimate of drug-likeness (QED) is 0.381. The maximum atomic E-state index is 13.3. The first kappa shape index (κ1) is 18.8. The van der Waals surface area contributed by atoms with Crippen molar-refractivity contribution in [2.24, 2.45) is 0 Å². The van der Waals surface area contributed by atoms with Crippen LogP contribution in [0, 0.1) is 5.82 Å². The Morgan fingerprint density at radius 1 is 1.00 bits per heavy atom. The number of nitrogens with zero attached hydrogens (tertiary/aromatic N) is 2. The van der Waals surface area contributed by atoms with Gasteiger partial charge in [-0.2, -0.15) is 0 Å². The minimum absolute atomic E-state index is 0.254. The molecule has 1 N–H and O–H groups in total. The molecule has 6 heteroatoms. The molecule has 0 aliphatic carbocycles. The average molecular weight is 408 g/mol. The van der Waals surface area contributed by atoms with Gasteiger partial charge in [-0.15, -0.1) is 23.5 Å². The van der Waals surface area contributed by atoms with Crippen molar-refractivity contribution in [2.45, 2.75) is 15.7 Å². The van der Waals surface area contributed by atoms with Gasteiger partial charge in [0.1, 0.15) is 11.6 Å². The fourth-order valence-electron chi connectivity index (χ4n) is 2.96. The van der Waals surface area contributed by atoms with Gasteiger partial charge in [0, 0.05) is 40.4 Å². The number of thioether (sulfide) groups is 2. The number of rotatable bonds is 6. The molecule has 140 valence electrons. The molecule has 0 bridgehead atoms. The van der Waals surface area contributed by atoms with E-state index < -0.39 is 0 Å². The van der Waals surface area contributed by atoms with Crippen LogP contribution in [-0.2, 0) is 5.75 Å². The number of halogens is 1. The number of aromatic amines is 1. The molecule has 2 aromatic heterocycles. The van der Waals surface area contributed by atoms with E-state index in [1.54, 1.807) is 48.1 Å². The van der Waals surface area contributed by atoms with Crippen LogP contribution < -0.4 is 0 Å². The summed E-state index contributed by atoms with van der Waals surface area (Å²) in [4.78, 5) is 13.5. The van der Waals surface area contributed by atoms with E-state index in [1.165, 1.54) is 22.6 Å². The van der Waals surface area contributed by atoms with Gasteiger partial charge in [0.2, 0.25) is 0 Å². The highest BCUT2D eigenvalue weighted by atomic mass is 32.2. The second-order valence-corrected chi connectivity index (χ2v) is 7.96. The van der Waals surface area contributed by atoms with E-state index in [0.717, 1.165) is 33.3 Å². The average Bonchev–Trinajstić information content (AvgIpc) is 3.28. The summed E-state index contributed by atoms with van der Waals surface area (Å²) in [5.74, 6) is 1.36. The highest BCUT2D eigenvalue weighted by Gasteiger charge is 2.13. The number of imidazole rings is 1. The SMILES string of the molecule is CSc1ccccc1CSc1cc(-c2ncc[nH]2)c(-c2ccc(F)cc2)cn1. The van der Waals surface area contributed by atoms with Gasteiger partial charge in [0.05, 0.1) is 5.03 Å². The lowest BCUT2D eigenvalue weighted by atomic mass is 10.0. The van der Waals surface area contributed by atoms with Crippen molar-refractivity contribution in [1.29, 1.82) is 0 Å². The summed E-state index contributed by atoms with van der Waals surface area (Å²) < 4.78 is 13.3. The number of H-pyrrole nitrogens is 1. The highest BCUT2D eigenvalue weighted by molar-refractivity contribution is 7.99. The smallest absolute Gasteiger partial charge is 0.138 e. The van der Waals surface area contributed by atoms with Crippen LogP contribution in [0.1, 0.15) is 5.56 Å². The van der Waals surface area contributed by atoms with Gasteiger partial charge < -0.3 is 4.98 Å². The predicted molar refractivity (Wildman–Crippen MR) is 115 cm³/mol. The number of hydrogen-bond acceptors (Lipinski definition) is 4. The monoisotopic (exact) mass is 407 g/mol. The van der Waals surface area contributed by atoms with E-state index in [0.29, 0.717) is 0 Å². The summed E-state index contributed by atoms with van der Waals surface area (Å²) in [7, 11) is 0. The van der Waals surface area contributed by atoms with E-state index >= 15 is 0 Å². The largest absolute Gasteiger partial charge is 0.345 e. The Balaban J connectivity index is 1.66. The molecule has 4 aromatic rings. The molecule has 4 rings (SSSR count). The van der Waals surface area contributed by atoms with E-state index in [2.05, 4.69) is 45.5 Å². The molecule has 0 aliphatic rings. The van der Waals surface area contributed by atoms with E-state index in [4.69, 9.17) is 0 Å². The van der Waals surface area contributed by atoms with Crippen LogP contribution in [0.15, 0.2) is 83.1 Å². The standard InChI is InChI=1S/C22H18FN3S2/c1-27-20-5-3-2-4-16(20)14-28-21-12-18(22-24-10-11-25-22)19(13-26-21)15-6-8-17(23)9-7-15/h2-13H,14H2,1H3,(H,24,25). The van der Waals surface area contributed by atoms with Gasteiger partial charge in [0.25, 0.3) is 0 Å². The predicted octanol–water partition coefficient (Wildman–Crippen LogP) is 6.29.